The minimum absolute atomic E-state index is 0.201. The van der Waals surface area contributed by atoms with Crippen LogP contribution < -0.4 is 5.32 Å². The van der Waals surface area contributed by atoms with Crippen LogP contribution in [0.4, 0.5) is 10.1 Å². The lowest BCUT2D eigenvalue weighted by molar-refractivity contribution is 0.618. The number of anilines is 1. The van der Waals surface area contributed by atoms with E-state index in [2.05, 4.69) is 11.4 Å². The van der Waals surface area contributed by atoms with Gasteiger partial charge in [-0.15, -0.1) is 0 Å². The number of halogens is 1. The van der Waals surface area contributed by atoms with Crippen molar-refractivity contribution in [1.82, 2.24) is 4.57 Å². The molecule has 0 aliphatic carbocycles. The number of benzene rings is 1. The Bertz CT molecular complexity index is 650. The van der Waals surface area contributed by atoms with Crippen LogP contribution in [0.2, 0.25) is 0 Å². The largest absolute Gasteiger partial charge is 0.381 e. The van der Waals surface area contributed by atoms with Gasteiger partial charge in [0.2, 0.25) is 0 Å². The van der Waals surface area contributed by atoms with E-state index in [9.17, 15) is 4.39 Å². The first-order valence-corrected chi connectivity index (χ1v) is 6.08. The first-order valence-electron chi connectivity index (χ1n) is 6.08. The molecule has 1 aromatic heterocycles. The molecule has 0 amide bonds. The second-order valence-electron chi connectivity index (χ2n) is 4.63. The molecule has 0 radical (unpaired) electrons. The number of rotatable bonds is 3. The summed E-state index contributed by atoms with van der Waals surface area (Å²) in [5, 5.41) is 12.2. The van der Waals surface area contributed by atoms with Crippen LogP contribution in [-0.2, 0) is 13.6 Å². The molecule has 0 saturated carbocycles. The summed E-state index contributed by atoms with van der Waals surface area (Å²) in [6.45, 7) is 4.34. The van der Waals surface area contributed by atoms with E-state index in [0.717, 1.165) is 16.9 Å². The molecular weight excluding hydrogens is 241 g/mol. The van der Waals surface area contributed by atoms with E-state index in [1.54, 1.807) is 19.1 Å². The van der Waals surface area contributed by atoms with Crippen LogP contribution in [0.3, 0.4) is 0 Å². The maximum absolute atomic E-state index is 13.2. The lowest BCUT2D eigenvalue weighted by Crippen LogP contribution is -2.02. The van der Waals surface area contributed by atoms with E-state index in [1.165, 1.54) is 6.07 Å². The lowest BCUT2D eigenvalue weighted by atomic mass is 10.2. The minimum atomic E-state index is -0.201. The van der Waals surface area contributed by atoms with Gasteiger partial charge in [-0.3, -0.25) is 0 Å². The summed E-state index contributed by atoms with van der Waals surface area (Å²) in [6.07, 6.45) is 0. The van der Waals surface area contributed by atoms with Crippen molar-refractivity contribution in [3.63, 3.8) is 0 Å². The molecule has 19 heavy (non-hydrogen) atoms. The smallest absolute Gasteiger partial charge is 0.126 e. The summed E-state index contributed by atoms with van der Waals surface area (Å²) in [5.41, 5.74) is 4.27. The molecule has 0 atom stereocenters. The number of nitrogens with one attached hydrogen (secondary N) is 1. The molecule has 4 heteroatoms. The molecule has 0 saturated heterocycles. The molecule has 0 fully saturated rings. The van der Waals surface area contributed by atoms with E-state index in [4.69, 9.17) is 5.26 Å². The van der Waals surface area contributed by atoms with Crippen LogP contribution in [-0.4, -0.2) is 4.57 Å². The third kappa shape index (κ3) is 2.60. The summed E-state index contributed by atoms with van der Waals surface area (Å²) >= 11 is 0. The van der Waals surface area contributed by atoms with Crippen LogP contribution >= 0.6 is 0 Å². The van der Waals surface area contributed by atoms with Crippen molar-refractivity contribution in [3.8, 4) is 6.07 Å². The predicted octanol–water partition coefficient (Wildman–Crippen LogP) is 3.26. The predicted molar refractivity (Wildman–Crippen MR) is 73.3 cm³/mol. The summed E-state index contributed by atoms with van der Waals surface area (Å²) in [7, 11) is 1.87. The number of aromatic nitrogens is 1. The van der Waals surface area contributed by atoms with Gasteiger partial charge in [0.25, 0.3) is 0 Å². The van der Waals surface area contributed by atoms with Crippen molar-refractivity contribution in [2.75, 3.05) is 5.32 Å². The van der Waals surface area contributed by atoms with Crippen LogP contribution in [0, 0.1) is 31.0 Å². The average molecular weight is 257 g/mol. The molecule has 0 aliphatic heterocycles. The second kappa shape index (κ2) is 5.15. The SMILES string of the molecule is Cc1cc(NCc2cc(C#N)n(C)c2C)ccc1F. The zero-order chi connectivity index (χ0) is 14.0. The van der Waals surface area contributed by atoms with Gasteiger partial charge in [0, 0.05) is 25.0 Å². The Hall–Kier alpha value is -2.28. The van der Waals surface area contributed by atoms with E-state index in [-0.39, 0.29) is 5.82 Å². The van der Waals surface area contributed by atoms with Gasteiger partial charge in [0.15, 0.2) is 0 Å². The highest BCUT2D eigenvalue weighted by atomic mass is 19.1. The van der Waals surface area contributed by atoms with E-state index in [0.29, 0.717) is 17.8 Å². The van der Waals surface area contributed by atoms with E-state index < -0.39 is 0 Å². The molecule has 3 nitrogen and oxygen atoms in total. The molecule has 98 valence electrons. The zero-order valence-electron chi connectivity index (χ0n) is 11.3. The number of hydrogen-bond donors (Lipinski definition) is 1. The van der Waals surface area contributed by atoms with Gasteiger partial charge in [-0.05, 0) is 49.2 Å². The van der Waals surface area contributed by atoms with E-state index in [1.807, 2.05) is 24.6 Å². The highest BCUT2D eigenvalue weighted by Gasteiger charge is 2.08. The Morgan fingerprint density at radius 1 is 1.32 bits per heavy atom. The second-order valence-corrected chi connectivity index (χ2v) is 4.63. The molecule has 1 N–H and O–H groups in total. The molecule has 0 bridgehead atoms. The molecule has 2 aromatic rings. The molecule has 2 rings (SSSR count). The summed E-state index contributed by atoms with van der Waals surface area (Å²) in [4.78, 5) is 0. The number of nitrogens with zero attached hydrogens (tertiary/aromatic N) is 2. The Balaban J connectivity index is 2.15. The van der Waals surface area contributed by atoms with Crippen LogP contribution in [0.15, 0.2) is 24.3 Å². The van der Waals surface area contributed by atoms with Crippen molar-refractivity contribution >= 4 is 5.69 Å². The molecule has 1 aromatic carbocycles. The summed E-state index contributed by atoms with van der Waals surface area (Å²) < 4.78 is 15.0. The van der Waals surface area contributed by atoms with Crippen molar-refractivity contribution in [2.45, 2.75) is 20.4 Å². The minimum Gasteiger partial charge on any atom is -0.381 e. The first-order chi connectivity index (χ1) is 9.02. The van der Waals surface area contributed by atoms with Crippen molar-refractivity contribution in [1.29, 1.82) is 5.26 Å². The zero-order valence-corrected chi connectivity index (χ0v) is 11.3. The monoisotopic (exact) mass is 257 g/mol. The van der Waals surface area contributed by atoms with Crippen molar-refractivity contribution in [3.05, 3.63) is 52.6 Å². The van der Waals surface area contributed by atoms with Crippen LogP contribution in [0.5, 0.6) is 0 Å². The van der Waals surface area contributed by atoms with Gasteiger partial charge in [-0.2, -0.15) is 5.26 Å². The van der Waals surface area contributed by atoms with Gasteiger partial charge in [0.1, 0.15) is 17.6 Å². The third-order valence-corrected chi connectivity index (χ3v) is 3.40. The van der Waals surface area contributed by atoms with Gasteiger partial charge < -0.3 is 9.88 Å². The van der Waals surface area contributed by atoms with Gasteiger partial charge >= 0.3 is 0 Å². The average Bonchev–Trinajstić information content (AvgIpc) is 2.67. The van der Waals surface area contributed by atoms with Gasteiger partial charge in [0.05, 0.1) is 0 Å². The lowest BCUT2D eigenvalue weighted by Gasteiger charge is -2.08. The number of nitriles is 1. The molecule has 1 heterocycles. The highest BCUT2D eigenvalue weighted by molar-refractivity contribution is 5.47. The standard InChI is InChI=1S/C15H16FN3/c1-10-6-13(4-5-15(10)16)18-9-12-7-14(8-17)19(3)11(12)2/h4-7,18H,9H2,1-3H3. The Kier molecular flexibility index (Phi) is 3.57. The fraction of sp³-hybridized carbons (Fsp3) is 0.267. The Morgan fingerprint density at radius 3 is 2.63 bits per heavy atom. The molecule has 0 spiro atoms. The fourth-order valence-corrected chi connectivity index (χ4v) is 2.00. The highest BCUT2D eigenvalue weighted by Crippen LogP contribution is 2.17. The number of aryl methyl sites for hydroxylation is 1. The van der Waals surface area contributed by atoms with Crippen molar-refractivity contribution in [2.24, 2.45) is 7.05 Å². The quantitative estimate of drug-likeness (QED) is 0.916. The topological polar surface area (TPSA) is 40.8 Å². The maximum atomic E-state index is 13.2. The number of hydrogen-bond acceptors (Lipinski definition) is 2. The summed E-state index contributed by atoms with van der Waals surface area (Å²) in [5.74, 6) is -0.201. The Morgan fingerprint density at radius 2 is 2.05 bits per heavy atom. The van der Waals surface area contributed by atoms with Gasteiger partial charge in [-0.25, -0.2) is 4.39 Å². The summed E-state index contributed by atoms with van der Waals surface area (Å²) in [6, 6.07) is 8.98. The van der Waals surface area contributed by atoms with Gasteiger partial charge in [-0.1, -0.05) is 0 Å². The van der Waals surface area contributed by atoms with Crippen molar-refractivity contribution < 1.29 is 4.39 Å². The Labute approximate surface area is 112 Å². The fourth-order valence-electron chi connectivity index (χ4n) is 2.00. The van der Waals surface area contributed by atoms with Crippen LogP contribution in [0.25, 0.3) is 0 Å². The van der Waals surface area contributed by atoms with Crippen LogP contribution in [0.1, 0.15) is 22.5 Å². The normalized spacial score (nSPS) is 10.3. The molecular formula is C15H16FN3. The maximum Gasteiger partial charge on any atom is 0.126 e. The third-order valence-electron chi connectivity index (χ3n) is 3.40. The van der Waals surface area contributed by atoms with E-state index >= 15 is 0 Å². The first kappa shape index (κ1) is 13.2. The molecule has 0 aliphatic rings. The molecule has 0 unspecified atom stereocenters.